The average molecular weight is 782 g/mol. The van der Waals surface area contributed by atoms with Gasteiger partial charge in [0, 0.05) is 29.3 Å². The summed E-state index contributed by atoms with van der Waals surface area (Å²) in [6.07, 6.45) is 4.22. The van der Waals surface area contributed by atoms with Gasteiger partial charge < -0.3 is 4.74 Å². The summed E-state index contributed by atoms with van der Waals surface area (Å²) in [7, 11) is 0. The van der Waals surface area contributed by atoms with Crippen LogP contribution in [-0.2, 0) is 21.7 Å². The van der Waals surface area contributed by atoms with Gasteiger partial charge in [0.05, 0.1) is 11.4 Å². The molecule has 0 amide bonds. The van der Waals surface area contributed by atoms with Gasteiger partial charge in [0.2, 0.25) is 0 Å². The van der Waals surface area contributed by atoms with Gasteiger partial charge in [-0.1, -0.05) is 130 Å². The van der Waals surface area contributed by atoms with Crippen LogP contribution in [0.5, 0.6) is 11.5 Å². The van der Waals surface area contributed by atoms with E-state index in [1.807, 2.05) is 6.20 Å². The molecule has 7 aromatic rings. The van der Waals surface area contributed by atoms with Crippen molar-refractivity contribution in [3.8, 4) is 22.9 Å². The molecule has 0 atom stereocenters. The lowest BCUT2D eigenvalue weighted by Gasteiger charge is -2.41. The summed E-state index contributed by atoms with van der Waals surface area (Å²) < 4.78 is 11.7. The van der Waals surface area contributed by atoms with Crippen LogP contribution in [0.2, 0.25) is 0 Å². The fourth-order valence-corrected chi connectivity index (χ4v) is 9.07. The van der Waals surface area contributed by atoms with Gasteiger partial charge in [-0.05, 0) is 113 Å². The predicted molar refractivity (Wildman–Crippen MR) is 246 cm³/mol. The van der Waals surface area contributed by atoms with E-state index in [0.717, 1.165) is 34.4 Å². The molecule has 59 heavy (non-hydrogen) atoms. The minimum Gasteiger partial charge on any atom is -0.457 e. The minimum atomic E-state index is -0.223. The molecule has 0 saturated carbocycles. The van der Waals surface area contributed by atoms with Crippen LogP contribution in [0.15, 0.2) is 116 Å². The van der Waals surface area contributed by atoms with Crippen molar-refractivity contribution in [2.24, 2.45) is 0 Å². The van der Waals surface area contributed by atoms with E-state index in [-0.39, 0.29) is 21.7 Å². The predicted octanol–water partition coefficient (Wildman–Crippen LogP) is 14.0. The van der Waals surface area contributed by atoms with Crippen LogP contribution in [0.25, 0.3) is 22.4 Å². The summed E-state index contributed by atoms with van der Waals surface area (Å²) in [5, 5.41) is 0. The SMILES string of the molecule is Cc1cc(C)c(-[n+]2cn(-c3cccc(Oc4ccc5c(c4)N(c4cc(C(C)(C)C)ccn4)c4ccccc4C5(C)C)c3)c3cc(C(C)(C)C)cc(C(C)(C)C)c32)c(C)c1. The highest BCUT2D eigenvalue weighted by molar-refractivity contribution is 5.86. The summed E-state index contributed by atoms with van der Waals surface area (Å²) in [6, 6.07) is 37.6. The van der Waals surface area contributed by atoms with Gasteiger partial charge in [0.25, 0.3) is 6.33 Å². The Bertz CT molecular complexity index is 2740. The van der Waals surface area contributed by atoms with E-state index in [1.165, 1.54) is 61.2 Å². The van der Waals surface area contributed by atoms with Crippen LogP contribution in [0, 0.1) is 20.8 Å². The lowest BCUT2D eigenvalue weighted by Crippen LogP contribution is -2.34. The molecule has 5 aromatic carbocycles. The van der Waals surface area contributed by atoms with E-state index in [0.29, 0.717) is 0 Å². The molecule has 1 aliphatic rings. The molecule has 1 aliphatic heterocycles. The van der Waals surface area contributed by atoms with Crippen LogP contribution in [0.1, 0.15) is 121 Å². The molecule has 0 aliphatic carbocycles. The molecule has 0 spiro atoms. The number of ether oxygens (including phenoxy) is 1. The zero-order chi connectivity index (χ0) is 42.4. The molecule has 0 saturated heterocycles. The third-order valence-electron chi connectivity index (χ3n) is 12.2. The van der Waals surface area contributed by atoms with E-state index in [4.69, 9.17) is 9.72 Å². The van der Waals surface area contributed by atoms with Crippen LogP contribution in [0.3, 0.4) is 0 Å². The number of aromatic nitrogens is 3. The molecule has 0 N–H and O–H groups in total. The van der Waals surface area contributed by atoms with E-state index in [9.17, 15) is 0 Å². The Morgan fingerprint density at radius 3 is 1.95 bits per heavy atom. The Balaban J connectivity index is 1.28. The van der Waals surface area contributed by atoms with Crippen LogP contribution < -0.4 is 14.2 Å². The fraction of sp³-hybridized carbons (Fsp3) is 0.333. The Labute approximate surface area is 352 Å². The molecule has 3 heterocycles. The molecule has 302 valence electrons. The van der Waals surface area contributed by atoms with Crippen molar-refractivity contribution in [2.75, 3.05) is 4.90 Å². The molecule has 5 nitrogen and oxygen atoms in total. The van der Waals surface area contributed by atoms with Gasteiger partial charge in [-0.2, -0.15) is 9.13 Å². The molecular weight excluding hydrogens is 721 g/mol. The van der Waals surface area contributed by atoms with Crippen LogP contribution >= 0.6 is 0 Å². The van der Waals surface area contributed by atoms with Crippen molar-refractivity contribution in [3.63, 3.8) is 0 Å². The Morgan fingerprint density at radius 1 is 0.610 bits per heavy atom. The lowest BCUT2D eigenvalue weighted by atomic mass is 9.73. The van der Waals surface area contributed by atoms with Gasteiger partial charge in [0.15, 0.2) is 11.0 Å². The second kappa shape index (κ2) is 14.0. The summed E-state index contributed by atoms with van der Waals surface area (Å²) in [4.78, 5) is 7.28. The quantitative estimate of drug-likeness (QED) is 0.163. The molecule has 2 aromatic heterocycles. The number of hydrogen-bond acceptors (Lipinski definition) is 3. The van der Waals surface area contributed by atoms with E-state index in [1.54, 1.807) is 0 Å². The number of nitrogens with zero attached hydrogens (tertiary/aromatic N) is 4. The molecule has 5 heteroatoms. The zero-order valence-electron chi connectivity index (χ0n) is 37.7. The first-order valence-corrected chi connectivity index (χ1v) is 21.1. The highest BCUT2D eigenvalue weighted by Crippen LogP contribution is 2.52. The maximum absolute atomic E-state index is 6.87. The van der Waals surface area contributed by atoms with Crippen molar-refractivity contribution < 1.29 is 9.30 Å². The maximum atomic E-state index is 6.87. The summed E-state index contributed by atoms with van der Waals surface area (Å²) in [6.45, 7) is 31.9. The van der Waals surface area contributed by atoms with Gasteiger partial charge in [-0.3, -0.25) is 4.90 Å². The first-order valence-electron chi connectivity index (χ1n) is 21.1. The molecule has 0 unspecified atom stereocenters. The largest absolute Gasteiger partial charge is 0.457 e. The van der Waals surface area contributed by atoms with E-state index in [2.05, 4.69) is 220 Å². The first kappa shape index (κ1) is 40.1. The van der Waals surface area contributed by atoms with Crippen molar-refractivity contribution in [1.29, 1.82) is 0 Å². The van der Waals surface area contributed by atoms with Crippen molar-refractivity contribution in [1.82, 2.24) is 9.55 Å². The topological polar surface area (TPSA) is 34.2 Å². The number of para-hydroxylation sites is 1. The highest BCUT2D eigenvalue weighted by atomic mass is 16.5. The van der Waals surface area contributed by atoms with Gasteiger partial charge in [-0.15, -0.1) is 0 Å². The summed E-state index contributed by atoms with van der Waals surface area (Å²) >= 11 is 0. The first-order chi connectivity index (χ1) is 27.6. The Kier molecular flexibility index (Phi) is 9.50. The number of fused-ring (bicyclic) bond motifs is 3. The van der Waals surface area contributed by atoms with Crippen molar-refractivity contribution in [2.45, 2.75) is 119 Å². The number of pyridine rings is 1. The number of imidazole rings is 1. The molecule has 0 bridgehead atoms. The minimum absolute atomic E-state index is 0.0180. The smallest absolute Gasteiger partial charge is 0.255 e. The molecule has 8 rings (SSSR count). The van der Waals surface area contributed by atoms with Gasteiger partial charge >= 0.3 is 0 Å². The third-order valence-corrected chi connectivity index (χ3v) is 12.2. The van der Waals surface area contributed by atoms with Crippen LogP contribution in [-0.4, -0.2) is 9.55 Å². The normalized spacial score (nSPS) is 14.0. The number of anilines is 3. The standard InChI is InChI=1S/C54H61N4O/c1-34-26-35(2)49(36(3)27-34)57-33-56(47-29-38(52(7,8)9)28-44(50(47)57)53(10,11)12)39-18-17-19-40(31-39)59-41-22-23-43-46(32-41)58(45-21-16-15-20-42(45)54(43,13)14)48-30-37(24-25-55-48)51(4,5)6/h15-33H,1-14H3/q+1. The second-order valence-electron chi connectivity index (χ2n) is 20.4. The number of hydrogen-bond donors (Lipinski definition) is 0. The second-order valence-corrected chi connectivity index (χ2v) is 20.4. The maximum Gasteiger partial charge on any atom is 0.255 e. The Hall–Kier alpha value is -5.68. The van der Waals surface area contributed by atoms with Crippen molar-refractivity contribution in [3.05, 3.63) is 160 Å². The average Bonchev–Trinajstić information content (AvgIpc) is 3.52. The number of benzene rings is 5. The molecule has 0 fully saturated rings. The van der Waals surface area contributed by atoms with Crippen molar-refractivity contribution >= 4 is 28.2 Å². The summed E-state index contributed by atoms with van der Waals surface area (Å²) in [5.41, 5.74) is 16.7. The zero-order valence-corrected chi connectivity index (χ0v) is 37.7. The number of aryl methyl sites for hydroxylation is 3. The summed E-state index contributed by atoms with van der Waals surface area (Å²) in [5.74, 6) is 2.45. The van der Waals surface area contributed by atoms with Gasteiger partial charge in [0.1, 0.15) is 28.7 Å². The lowest BCUT2D eigenvalue weighted by molar-refractivity contribution is -0.569. The van der Waals surface area contributed by atoms with Crippen LogP contribution in [0.4, 0.5) is 17.2 Å². The highest BCUT2D eigenvalue weighted by Gasteiger charge is 2.38. The molecular formula is C54H61N4O+. The monoisotopic (exact) mass is 781 g/mol. The van der Waals surface area contributed by atoms with E-state index >= 15 is 0 Å². The number of rotatable bonds is 5. The fourth-order valence-electron chi connectivity index (χ4n) is 9.07. The van der Waals surface area contributed by atoms with Gasteiger partial charge in [-0.25, -0.2) is 4.98 Å². The molecule has 0 radical (unpaired) electrons. The third kappa shape index (κ3) is 7.13. The van der Waals surface area contributed by atoms with E-state index < -0.39 is 0 Å². The Morgan fingerprint density at radius 2 is 1.27 bits per heavy atom.